The molecule has 7 heteroatoms. The Morgan fingerprint density at radius 2 is 1.88 bits per heavy atom. The lowest BCUT2D eigenvalue weighted by atomic mass is 10.1. The molecule has 4 rings (SSSR count). The molecular formula is C17H18N4O3. The highest BCUT2D eigenvalue weighted by Crippen LogP contribution is 2.25. The van der Waals surface area contributed by atoms with E-state index in [2.05, 4.69) is 20.3 Å². The SMILES string of the molecule is c1ccc(-c2nnc(CCc3nc(C4CCCCO4)no3)o2)cc1. The molecule has 0 aliphatic carbocycles. The van der Waals surface area contributed by atoms with E-state index < -0.39 is 0 Å². The predicted octanol–water partition coefficient (Wildman–Crippen LogP) is 3.15. The maximum atomic E-state index is 5.68. The largest absolute Gasteiger partial charge is 0.421 e. The van der Waals surface area contributed by atoms with Crippen molar-refractivity contribution in [1.29, 1.82) is 0 Å². The van der Waals surface area contributed by atoms with E-state index >= 15 is 0 Å². The van der Waals surface area contributed by atoms with Crippen molar-refractivity contribution in [3.8, 4) is 11.5 Å². The van der Waals surface area contributed by atoms with Crippen molar-refractivity contribution in [2.24, 2.45) is 0 Å². The molecule has 0 N–H and O–H groups in total. The van der Waals surface area contributed by atoms with Crippen molar-refractivity contribution < 1.29 is 13.7 Å². The van der Waals surface area contributed by atoms with E-state index in [0.717, 1.165) is 31.4 Å². The van der Waals surface area contributed by atoms with Crippen molar-refractivity contribution in [2.45, 2.75) is 38.2 Å². The number of hydrogen-bond acceptors (Lipinski definition) is 7. The maximum Gasteiger partial charge on any atom is 0.247 e. The predicted molar refractivity (Wildman–Crippen MR) is 84.0 cm³/mol. The van der Waals surface area contributed by atoms with Gasteiger partial charge in [-0.05, 0) is 31.4 Å². The fraction of sp³-hybridized carbons (Fsp3) is 0.412. The van der Waals surface area contributed by atoms with Crippen LogP contribution in [0.2, 0.25) is 0 Å². The van der Waals surface area contributed by atoms with Crippen molar-refractivity contribution in [1.82, 2.24) is 20.3 Å². The van der Waals surface area contributed by atoms with Crippen LogP contribution in [0, 0.1) is 0 Å². The molecule has 1 unspecified atom stereocenters. The number of ether oxygens (including phenoxy) is 1. The van der Waals surface area contributed by atoms with Crippen LogP contribution in [0.5, 0.6) is 0 Å². The lowest BCUT2D eigenvalue weighted by Gasteiger charge is -2.18. The van der Waals surface area contributed by atoms with Crippen LogP contribution >= 0.6 is 0 Å². The van der Waals surface area contributed by atoms with Gasteiger partial charge in [0.25, 0.3) is 0 Å². The van der Waals surface area contributed by atoms with E-state index in [0.29, 0.717) is 36.3 Å². The van der Waals surface area contributed by atoms with Crippen LogP contribution in [0.4, 0.5) is 0 Å². The summed E-state index contributed by atoms with van der Waals surface area (Å²) in [6.07, 6.45) is 4.27. The summed E-state index contributed by atoms with van der Waals surface area (Å²) in [4.78, 5) is 4.42. The third-order valence-corrected chi connectivity index (χ3v) is 3.99. The van der Waals surface area contributed by atoms with Gasteiger partial charge in [-0.25, -0.2) is 0 Å². The molecule has 0 radical (unpaired) electrons. The Hall–Kier alpha value is -2.54. The number of rotatable bonds is 5. The minimum atomic E-state index is -0.0377. The average Bonchev–Trinajstić information content (AvgIpc) is 3.31. The van der Waals surface area contributed by atoms with Crippen LogP contribution in [0.15, 0.2) is 39.3 Å². The second kappa shape index (κ2) is 6.92. The Kier molecular flexibility index (Phi) is 4.33. The lowest BCUT2D eigenvalue weighted by molar-refractivity contribution is 0.00821. The van der Waals surface area contributed by atoms with Crippen LogP contribution < -0.4 is 0 Å². The molecule has 1 atom stereocenters. The standard InChI is InChI=1S/C17H18N4O3/c1-2-6-12(7-3-1)17-20-19-15(23-17)10-9-14-18-16(21-24-14)13-8-4-5-11-22-13/h1-3,6-7,13H,4-5,8-11H2. The Morgan fingerprint density at radius 1 is 1.00 bits per heavy atom. The molecule has 2 aromatic heterocycles. The van der Waals surface area contributed by atoms with Crippen LogP contribution in [-0.2, 0) is 17.6 Å². The summed E-state index contributed by atoms with van der Waals surface area (Å²) < 4.78 is 16.6. The first-order chi connectivity index (χ1) is 11.9. The third kappa shape index (κ3) is 3.35. The van der Waals surface area contributed by atoms with Crippen molar-refractivity contribution in [2.75, 3.05) is 6.61 Å². The quantitative estimate of drug-likeness (QED) is 0.711. The second-order valence-electron chi connectivity index (χ2n) is 5.77. The summed E-state index contributed by atoms with van der Waals surface area (Å²) in [5, 5.41) is 12.2. The Morgan fingerprint density at radius 3 is 2.71 bits per heavy atom. The average molecular weight is 326 g/mol. The third-order valence-electron chi connectivity index (χ3n) is 3.99. The van der Waals surface area contributed by atoms with E-state index in [1.54, 1.807) is 0 Å². The topological polar surface area (TPSA) is 87.1 Å². The van der Waals surface area contributed by atoms with Gasteiger partial charge in [0.2, 0.25) is 23.5 Å². The number of nitrogens with zero attached hydrogens (tertiary/aromatic N) is 4. The second-order valence-corrected chi connectivity index (χ2v) is 5.77. The molecule has 0 spiro atoms. The molecule has 1 aliphatic rings. The summed E-state index contributed by atoms with van der Waals surface area (Å²) in [5.74, 6) is 2.29. The first-order valence-corrected chi connectivity index (χ1v) is 8.20. The van der Waals surface area contributed by atoms with Crippen molar-refractivity contribution in [3.05, 3.63) is 47.9 Å². The first-order valence-electron chi connectivity index (χ1n) is 8.20. The van der Waals surface area contributed by atoms with Gasteiger partial charge in [0.15, 0.2) is 0 Å². The highest BCUT2D eigenvalue weighted by molar-refractivity contribution is 5.51. The molecule has 1 fully saturated rings. The molecule has 1 aliphatic heterocycles. The molecule has 3 aromatic rings. The number of aryl methyl sites for hydroxylation is 2. The van der Waals surface area contributed by atoms with E-state index in [1.165, 1.54) is 0 Å². The monoisotopic (exact) mass is 326 g/mol. The van der Waals surface area contributed by atoms with E-state index in [-0.39, 0.29) is 6.10 Å². The fourth-order valence-corrected chi connectivity index (χ4v) is 2.71. The van der Waals surface area contributed by atoms with E-state index in [9.17, 15) is 0 Å². The normalized spacial score (nSPS) is 17.9. The Bertz CT molecular complexity index is 778. The number of benzene rings is 1. The summed E-state index contributed by atoms with van der Waals surface area (Å²) >= 11 is 0. The van der Waals surface area contributed by atoms with Gasteiger partial charge in [0.05, 0.1) is 0 Å². The van der Waals surface area contributed by atoms with Gasteiger partial charge in [-0.2, -0.15) is 4.98 Å². The van der Waals surface area contributed by atoms with Gasteiger partial charge >= 0.3 is 0 Å². The van der Waals surface area contributed by atoms with E-state index in [1.807, 2.05) is 30.3 Å². The molecule has 3 heterocycles. The van der Waals surface area contributed by atoms with Gasteiger partial charge in [-0.1, -0.05) is 23.4 Å². The minimum Gasteiger partial charge on any atom is -0.421 e. The van der Waals surface area contributed by atoms with Crippen LogP contribution in [-0.4, -0.2) is 26.9 Å². The summed E-state index contributed by atoms with van der Waals surface area (Å²) in [7, 11) is 0. The molecule has 1 saturated heterocycles. The minimum absolute atomic E-state index is 0.0377. The fourth-order valence-electron chi connectivity index (χ4n) is 2.71. The molecule has 0 amide bonds. The summed E-state index contributed by atoms with van der Waals surface area (Å²) in [6, 6.07) is 9.69. The van der Waals surface area contributed by atoms with Gasteiger partial charge in [-0.3, -0.25) is 0 Å². The molecule has 1 aromatic carbocycles. The molecule has 7 nitrogen and oxygen atoms in total. The Balaban J connectivity index is 1.37. The summed E-state index contributed by atoms with van der Waals surface area (Å²) in [5.41, 5.74) is 0.908. The van der Waals surface area contributed by atoms with Crippen molar-refractivity contribution >= 4 is 0 Å². The summed E-state index contributed by atoms with van der Waals surface area (Å²) in [6.45, 7) is 0.763. The van der Waals surface area contributed by atoms with Gasteiger partial charge in [0, 0.05) is 25.0 Å². The van der Waals surface area contributed by atoms with Crippen LogP contribution in [0.25, 0.3) is 11.5 Å². The van der Waals surface area contributed by atoms with Gasteiger partial charge < -0.3 is 13.7 Å². The molecule has 24 heavy (non-hydrogen) atoms. The molecular weight excluding hydrogens is 308 g/mol. The zero-order valence-corrected chi connectivity index (χ0v) is 13.2. The van der Waals surface area contributed by atoms with E-state index in [4.69, 9.17) is 13.7 Å². The number of aromatic nitrogens is 4. The molecule has 124 valence electrons. The molecule has 0 bridgehead atoms. The van der Waals surface area contributed by atoms with Crippen LogP contribution in [0.1, 0.15) is 43.0 Å². The van der Waals surface area contributed by atoms with Crippen molar-refractivity contribution in [3.63, 3.8) is 0 Å². The molecule has 0 saturated carbocycles. The van der Waals surface area contributed by atoms with Crippen LogP contribution in [0.3, 0.4) is 0 Å². The zero-order chi connectivity index (χ0) is 16.2. The highest BCUT2D eigenvalue weighted by Gasteiger charge is 2.21. The van der Waals surface area contributed by atoms with Gasteiger partial charge in [0.1, 0.15) is 6.10 Å². The number of hydrogen-bond donors (Lipinski definition) is 0. The zero-order valence-electron chi connectivity index (χ0n) is 13.2. The maximum absolute atomic E-state index is 5.68. The van der Waals surface area contributed by atoms with Gasteiger partial charge in [-0.15, -0.1) is 10.2 Å². The smallest absolute Gasteiger partial charge is 0.247 e. The Labute approximate surface area is 139 Å². The lowest BCUT2D eigenvalue weighted by Crippen LogP contribution is -2.12. The first kappa shape index (κ1) is 15.0. The highest BCUT2D eigenvalue weighted by atomic mass is 16.5.